The molecule has 0 radical (unpaired) electrons. The second-order valence-corrected chi connectivity index (χ2v) is 2.32. The van der Waals surface area contributed by atoms with E-state index in [1.807, 2.05) is 0 Å². The third-order valence-corrected chi connectivity index (χ3v) is 1.52. The molecule has 0 aromatic rings. The van der Waals surface area contributed by atoms with Crippen LogP contribution in [0.4, 0.5) is 4.79 Å². The summed E-state index contributed by atoms with van der Waals surface area (Å²) in [6, 6.07) is 0. The van der Waals surface area contributed by atoms with Crippen LogP contribution >= 0.6 is 0 Å². The van der Waals surface area contributed by atoms with Crippen molar-refractivity contribution in [1.82, 2.24) is 5.32 Å². The van der Waals surface area contributed by atoms with Gasteiger partial charge in [-0.1, -0.05) is 6.92 Å². The number of carbonyl (C=O) groups is 2. The van der Waals surface area contributed by atoms with Gasteiger partial charge in [-0.25, -0.2) is 4.79 Å². The predicted octanol–water partition coefficient (Wildman–Crippen LogP) is 0.453. The topological polar surface area (TPSA) is 75.6 Å². The van der Waals surface area contributed by atoms with Crippen molar-refractivity contribution in [3.63, 3.8) is 0 Å². The van der Waals surface area contributed by atoms with Crippen molar-refractivity contribution in [2.45, 2.75) is 13.3 Å². The zero-order valence-electron chi connectivity index (χ0n) is 7.16. The van der Waals surface area contributed by atoms with Crippen LogP contribution < -0.4 is 5.32 Å². The second kappa shape index (κ2) is 5.40. The van der Waals surface area contributed by atoms with Crippen LogP contribution in [0.1, 0.15) is 13.3 Å². The molecule has 2 N–H and O–H groups in total. The number of alkyl carbamates (subject to hydrolysis) is 1. The largest absolute Gasteiger partial charge is 0.481 e. The molecule has 0 rings (SSSR count). The number of hydrogen-bond acceptors (Lipinski definition) is 3. The molecule has 12 heavy (non-hydrogen) atoms. The molecule has 0 aromatic carbocycles. The molecule has 0 aliphatic carbocycles. The molecule has 0 unspecified atom stereocenters. The number of amides is 1. The fourth-order valence-electron chi connectivity index (χ4n) is 0.685. The lowest BCUT2D eigenvalue weighted by Gasteiger charge is -2.09. The van der Waals surface area contributed by atoms with Crippen molar-refractivity contribution in [1.29, 1.82) is 0 Å². The van der Waals surface area contributed by atoms with Gasteiger partial charge in [0.25, 0.3) is 0 Å². The number of carboxylic acids is 1. The van der Waals surface area contributed by atoms with Crippen LogP contribution in [0.3, 0.4) is 0 Å². The normalized spacial score (nSPS) is 11.8. The quantitative estimate of drug-likeness (QED) is 0.650. The third-order valence-electron chi connectivity index (χ3n) is 1.52. The van der Waals surface area contributed by atoms with Gasteiger partial charge in [-0.05, 0) is 6.42 Å². The lowest BCUT2D eigenvalue weighted by Crippen LogP contribution is -2.32. The van der Waals surface area contributed by atoms with E-state index in [-0.39, 0.29) is 6.54 Å². The molecule has 0 bridgehead atoms. The lowest BCUT2D eigenvalue weighted by molar-refractivity contribution is -0.141. The smallest absolute Gasteiger partial charge is 0.406 e. The molecule has 5 heteroatoms. The zero-order chi connectivity index (χ0) is 9.56. The SMILES string of the molecule is CC[C@@H](CNC(=O)OC)C(=O)O. The Morgan fingerprint density at radius 1 is 1.58 bits per heavy atom. The molecule has 0 spiro atoms. The van der Waals surface area contributed by atoms with Gasteiger partial charge in [-0.15, -0.1) is 0 Å². The maximum Gasteiger partial charge on any atom is 0.406 e. The molecule has 0 aromatic heterocycles. The Balaban J connectivity index is 3.73. The molecular formula is C7H13NO4. The van der Waals surface area contributed by atoms with Gasteiger partial charge in [-0.3, -0.25) is 4.79 Å². The molecular weight excluding hydrogens is 162 g/mol. The van der Waals surface area contributed by atoms with Crippen molar-refractivity contribution < 1.29 is 19.4 Å². The number of aliphatic carboxylic acids is 1. The standard InChI is InChI=1S/C7H13NO4/c1-3-5(6(9)10)4-8-7(11)12-2/h5H,3-4H2,1-2H3,(H,8,11)(H,9,10)/t5-/m0/s1. The second-order valence-electron chi connectivity index (χ2n) is 2.32. The fraction of sp³-hybridized carbons (Fsp3) is 0.714. The van der Waals surface area contributed by atoms with Crippen LogP contribution in [0.25, 0.3) is 0 Å². The minimum Gasteiger partial charge on any atom is -0.481 e. The Morgan fingerprint density at radius 2 is 2.17 bits per heavy atom. The summed E-state index contributed by atoms with van der Waals surface area (Å²) in [5, 5.41) is 10.9. The first kappa shape index (κ1) is 10.7. The summed E-state index contributed by atoms with van der Waals surface area (Å²) in [4.78, 5) is 21.0. The molecule has 0 heterocycles. The number of carbonyl (C=O) groups excluding carboxylic acids is 1. The van der Waals surface area contributed by atoms with Crippen molar-refractivity contribution in [2.75, 3.05) is 13.7 Å². The van der Waals surface area contributed by atoms with Gasteiger partial charge in [-0.2, -0.15) is 0 Å². The van der Waals surface area contributed by atoms with Crippen LogP contribution in [0, 0.1) is 5.92 Å². The zero-order valence-corrected chi connectivity index (χ0v) is 7.16. The predicted molar refractivity (Wildman–Crippen MR) is 41.8 cm³/mol. The molecule has 70 valence electrons. The highest BCUT2D eigenvalue weighted by atomic mass is 16.5. The summed E-state index contributed by atoms with van der Waals surface area (Å²) in [5.74, 6) is -1.45. The van der Waals surface area contributed by atoms with Gasteiger partial charge in [0, 0.05) is 6.54 Å². The Hall–Kier alpha value is -1.26. The monoisotopic (exact) mass is 175 g/mol. The van der Waals surface area contributed by atoms with E-state index in [1.165, 1.54) is 7.11 Å². The summed E-state index contributed by atoms with van der Waals surface area (Å²) in [6.07, 6.45) is -0.117. The van der Waals surface area contributed by atoms with Crippen LogP contribution in [-0.4, -0.2) is 30.8 Å². The van der Waals surface area contributed by atoms with Crippen LogP contribution in [0.5, 0.6) is 0 Å². The Morgan fingerprint density at radius 3 is 2.50 bits per heavy atom. The summed E-state index contributed by atoms with van der Waals surface area (Å²) in [7, 11) is 1.23. The van der Waals surface area contributed by atoms with Gasteiger partial charge >= 0.3 is 12.1 Å². The fourth-order valence-corrected chi connectivity index (χ4v) is 0.685. The summed E-state index contributed by atoms with van der Waals surface area (Å²) in [6.45, 7) is 1.86. The Bertz CT molecular complexity index is 169. The van der Waals surface area contributed by atoms with E-state index in [4.69, 9.17) is 5.11 Å². The number of carboxylic acid groups (broad SMARTS) is 1. The van der Waals surface area contributed by atoms with E-state index >= 15 is 0 Å². The minimum absolute atomic E-state index is 0.110. The van der Waals surface area contributed by atoms with Crippen LogP contribution in [-0.2, 0) is 9.53 Å². The highest BCUT2D eigenvalue weighted by Crippen LogP contribution is 1.99. The number of ether oxygens (including phenoxy) is 1. The van der Waals surface area contributed by atoms with Crippen LogP contribution in [0.2, 0.25) is 0 Å². The van der Waals surface area contributed by atoms with Gasteiger partial charge < -0.3 is 15.2 Å². The van der Waals surface area contributed by atoms with Gasteiger partial charge in [0.1, 0.15) is 0 Å². The number of nitrogens with one attached hydrogen (secondary N) is 1. The molecule has 0 aliphatic rings. The average molecular weight is 175 g/mol. The van der Waals surface area contributed by atoms with Crippen molar-refractivity contribution in [3.8, 4) is 0 Å². The molecule has 0 saturated heterocycles. The maximum absolute atomic E-state index is 10.5. The first-order valence-electron chi connectivity index (χ1n) is 3.66. The maximum atomic E-state index is 10.5. The minimum atomic E-state index is -0.908. The van der Waals surface area contributed by atoms with E-state index in [0.717, 1.165) is 0 Å². The first-order chi connectivity index (χ1) is 5.61. The van der Waals surface area contributed by atoms with E-state index in [1.54, 1.807) is 6.92 Å². The third kappa shape index (κ3) is 3.80. The molecule has 1 amide bonds. The van der Waals surface area contributed by atoms with Gasteiger partial charge in [0.05, 0.1) is 13.0 Å². The van der Waals surface area contributed by atoms with Crippen LogP contribution in [0.15, 0.2) is 0 Å². The van der Waals surface area contributed by atoms with Crippen molar-refractivity contribution in [3.05, 3.63) is 0 Å². The van der Waals surface area contributed by atoms with E-state index in [2.05, 4.69) is 10.1 Å². The Kier molecular flexibility index (Phi) is 4.83. The lowest BCUT2D eigenvalue weighted by atomic mass is 10.1. The highest BCUT2D eigenvalue weighted by Gasteiger charge is 2.15. The Labute approximate surface area is 70.7 Å². The van der Waals surface area contributed by atoms with Crippen molar-refractivity contribution >= 4 is 12.1 Å². The van der Waals surface area contributed by atoms with Gasteiger partial charge in [0.15, 0.2) is 0 Å². The van der Waals surface area contributed by atoms with Gasteiger partial charge in [0.2, 0.25) is 0 Å². The molecule has 0 saturated carbocycles. The number of hydrogen-bond donors (Lipinski definition) is 2. The average Bonchev–Trinajstić information content (AvgIpc) is 2.04. The molecule has 5 nitrogen and oxygen atoms in total. The molecule has 0 aliphatic heterocycles. The number of rotatable bonds is 4. The summed E-state index contributed by atoms with van der Waals surface area (Å²) >= 11 is 0. The van der Waals surface area contributed by atoms with E-state index in [0.29, 0.717) is 6.42 Å². The summed E-state index contributed by atoms with van der Waals surface area (Å²) in [5.41, 5.74) is 0. The molecule has 1 atom stereocenters. The summed E-state index contributed by atoms with van der Waals surface area (Å²) < 4.78 is 4.28. The van der Waals surface area contributed by atoms with E-state index < -0.39 is 18.0 Å². The first-order valence-corrected chi connectivity index (χ1v) is 3.66. The van der Waals surface area contributed by atoms with E-state index in [9.17, 15) is 9.59 Å². The van der Waals surface area contributed by atoms with Crippen molar-refractivity contribution in [2.24, 2.45) is 5.92 Å². The molecule has 0 fully saturated rings. The highest BCUT2D eigenvalue weighted by molar-refractivity contribution is 5.72. The number of methoxy groups -OCH3 is 1.